The van der Waals surface area contributed by atoms with E-state index in [9.17, 15) is 19.2 Å². The zero-order valence-electron chi connectivity index (χ0n) is 17.2. The predicted octanol–water partition coefficient (Wildman–Crippen LogP) is 3.38. The van der Waals surface area contributed by atoms with Gasteiger partial charge in [0.15, 0.2) is 11.5 Å². The number of carbonyl (C=O) groups is 4. The van der Waals surface area contributed by atoms with Crippen LogP contribution in [0.4, 0.5) is 5.69 Å². The van der Waals surface area contributed by atoms with Gasteiger partial charge in [0.1, 0.15) is 5.75 Å². The van der Waals surface area contributed by atoms with Crippen molar-refractivity contribution in [3.05, 3.63) is 24.3 Å². The second-order valence-electron chi connectivity index (χ2n) is 6.63. The Morgan fingerprint density at radius 1 is 0.862 bits per heavy atom. The van der Waals surface area contributed by atoms with Crippen LogP contribution >= 0.6 is 0 Å². The number of fused-ring (bicyclic) bond motifs is 1. The SMILES string of the molecule is CC(=O)Oc1cc(OC(C)C)c2cccc(N(C(C)=O)C(C)=O)c2c1OC(C)=O. The molecule has 2 aromatic carbocycles. The van der Waals surface area contributed by atoms with E-state index in [-0.39, 0.29) is 28.7 Å². The van der Waals surface area contributed by atoms with E-state index in [1.165, 1.54) is 39.8 Å². The molecule has 154 valence electrons. The fourth-order valence-electron chi connectivity index (χ4n) is 2.94. The minimum Gasteiger partial charge on any atom is -0.490 e. The lowest BCUT2D eigenvalue weighted by Gasteiger charge is -2.23. The topological polar surface area (TPSA) is 99.2 Å². The summed E-state index contributed by atoms with van der Waals surface area (Å²) in [6.07, 6.45) is -0.219. The molecule has 0 atom stereocenters. The Kier molecular flexibility index (Phi) is 6.58. The molecule has 8 heteroatoms. The second kappa shape index (κ2) is 8.72. The highest BCUT2D eigenvalue weighted by molar-refractivity contribution is 6.19. The van der Waals surface area contributed by atoms with Gasteiger partial charge in [-0.1, -0.05) is 12.1 Å². The van der Waals surface area contributed by atoms with E-state index in [4.69, 9.17) is 14.2 Å². The first-order valence-corrected chi connectivity index (χ1v) is 8.97. The number of rotatable bonds is 5. The highest BCUT2D eigenvalue weighted by Crippen LogP contribution is 2.46. The third kappa shape index (κ3) is 4.90. The lowest BCUT2D eigenvalue weighted by atomic mass is 10.0. The molecule has 0 fully saturated rings. The molecule has 2 amide bonds. The summed E-state index contributed by atoms with van der Waals surface area (Å²) in [5.41, 5.74) is 0.182. The summed E-state index contributed by atoms with van der Waals surface area (Å²) in [7, 11) is 0. The van der Waals surface area contributed by atoms with Gasteiger partial charge in [0.25, 0.3) is 0 Å². The van der Waals surface area contributed by atoms with Crippen LogP contribution in [0, 0.1) is 0 Å². The molecule has 0 bridgehead atoms. The van der Waals surface area contributed by atoms with E-state index in [1.807, 2.05) is 13.8 Å². The molecular formula is C21H23NO7. The molecule has 0 radical (unpaired) electrons. The van der Waals surface area contributed by atoms with Gasteiger partial charge in [-0.2, -0.15) is 0 Å². The molecule has 0 heterocycles. The van der Waals surface area contributed by atoms with Crippen molar-refractivity contribution in [2.75, 3.05) is 4.90 Å². The first kappa shape index (κ1) is 21.9. The van der Waals surface area contributed by atoms with Crippen LogP contribution in [0.5, 0.6) is 17.2 Å². The van der Waals surface area contributed by atoms with Crippen molar-refractivity contribution in [3.8, 4) is 17.2 Å². The maximum atomic E-state index is 12.2. The maximum absolute atomic E-state index is 12.2. The summed E-state index contributed by atoms with van der Waals surface area (Å²) >= 11 is 0. The zero-order valence-corrected chi connectivity index (χ0v) is 17.2. The number of esters is 2. The van der Waals surface area contributed by atoms with Gasteiger partial charge in [0, 0.05) is 39.1 Å². The molecule has 0 aromatic heterocycles. The highest BCUT2D eigenvalue weighted by atomic mass is 16.6. The summed E-state index contributed by atoms with van der Waals surface area (Å²) in [6.45, 7) is 8.52. The number of carbonyl (C=O) groups excluding carboxylic acids is 4. The summed E-state index contributed by atoms with van der Waals surface area (Å²) in [6, 6.07) is 6.32. The Morgan fingerprint density at radius 3 is 1.93 bits per heavy atom. The van der Waals surface area contributed by atoms with Crippen LogP contribution in [0.15, 0.2) is 24.3 Å². The Labute approximate surface area is 168 Å². The highest BCUT2D eigenvalue weighted by Gasteiger charge is 2.26. The first-order valence-electron chi connectivity index (χ1n) is 8.97. The minimum atomic E-state index is -0.663. The number of nitrogens with zero attached hydrogens (tertiary/aromatic N) is 1. The number of benzene rings is 2. The van der Waals surface area contributed by atoms with Gasteiger partial charge in [-0.15, -0.1) is 0 Å². The standard InChI is InChI=1S/C21H23NO7/c1-11(2)27-18-10-19(28-14(5)25)21(29-15(6)26)20-16(18)8-7-9-17(20)22(12(3)23)13(4)24/h7-11H,1-6H3. The number of imide groups is 1. The summed E-state index contributed by atoms with van der Waals surface area (Å²) in [5.74, 6) is -2.15. The van der Waals surface area contributed by atoms with Crippen LogP contribution in [-0.2, 0) is 19.2 Å². The predicted molar refractivity (Wildman–Crippen MR) is 106 cm³/mol. The van der Waals surface area contributed by atoms with Gasteiger partial charge in [0.05, 0.1) is 17.2 Å². The van der Waals surface area contributed by atoms with Crippen LogP contribution in [0.25, 0.3) is 10.8 Å². The third-order valence-electron chi connectivity index (χ3n) is 3.75. The van der Waals surface area contributed by atoms with Gasteiger partial charge < -0.3 is 14.2 Å². The van der Waals surface area contributed by atoms with Crippen LogP contribution in [0.1, 0.15) is 41.5 Å². The molecule has 0 unspecified atom stereocenters. The fourth-order valence-corrected chi connectivity index (χ4v) is 2.94. The van der Waals surface area contributed by atoms with Crippen molar-refractivity contribution in [3.63, 3.8) is 0 Å². The largest absolute Gasteiger partial charge is 0.490 e. The Morgan fingerprint density at radius 2 is 1.45 bits per heavy atom. The zero-order chi connectivity index (χ0) is 21.9. The number of ether oxygens (including phenoxy) is 3. The summed E-state index contributed by atoms with van der Waals surface area (Å²) < 4.78 is 16.4. The van der Waals surface area contributed by atoms with Crippen LogP contribution in [0.2, 0.25) is 0 Å². The van der Waals surface area contributed by atoms with E-state index in [0.29, 0.717) is 11.1 Å². The van der Waals surface area contributed by atoms with Gasteiger partial charge in [-0.25, -0.2) is 0 Å². The average molecular weight is 401 g/mol. The van der Waals surface area contributed by atoms with E-state index >= 15 is 0 Å². The van der Waals surface area contributed by atoms with Gasteiger partial charge >= 0.3 is 11.9 Å². The summed E-state index contributed by atoms with van der Waals surface area (Å²) in [5, 5.41) is 0.721. The average Bonchev–Trinajstić information content (AvgIpc) is 2.56. The molecule has 2 aromatic rings. The Hall–Kier alpha value is -3.42. The lowest BCUT2D eigenvalue weighted by Crippen LogP contribution is -2.33. The van der Waals surface area contributed by atoms with E-state index in [1.54, 1.807) is 12.1 Å². The second-order valence-corrected chi connectivity index (χ2v) is 6.63. The van der Waals surface area contributed by atoms with E-state index in [2.05, 4.69) is 0 Å². The monoisotopic (exact) mass is 401 g/mol. The van der Waals surface area contributed by atoms with Crippen molar-refractivity contribution in [2.45, 2.75) is 47.6 Å². The molecule has 0 aliphatic carbocycles. The minimum absolute atomic E-state index is 0.0599. The third-order valence-corrected chi connectivity index (χ3v) is 3.75. The summed E-state index contributed by atoms with van der Waals surface area (Å²) in [4.78, 5) is 48.7. The molecule has 2 rings (SSSR count). The van der Waals surface area contributed by atoms with Crippen molar-refractivity contribution < 1.29 is 33.4 Å². The van der Waals surface area contributed by atoms with Crippen LogP contribution in [-0.4, -0.2) is 29.9 Å². The molecule has 0 spiro atoms. The number of amides is 2. The van der Waals surface area contributed by atoms with Crippen molar-refractivity contribution >= 4 is 40.2 Å². The fraction of sp³-hybridized carbons (Fsp3) is 0.333. The van der Waals surface area contributed by atoms with E-state index in [0.717, 1.165) is 4.90 Å². The Bertz CT molecular complexity index is 980. The number of hydrogen-bond donors (Lipinski definition) is 0. The Balaban J connectivity index is 3.01. The number of anilines is 1. The van der Waals surface area contributed by atoms with Crippen molar-refractivity contribution in [1.82, 2.24) is 0 Å². The van der Waals surface area contributed by atoms with Gasteiger partial charge in [-0.05, 0) is 19.9 Å². The molecule has 0 N–H and O–H groups in total. The molecule has 0 aliphatic rings. The quantitative estimate of drug-likeness (QED) is 0.559. The molecule has 29 heavy (non-hydrogen) atoms. The maximum Gasteiger partial charge on any atom is 0.308 e. The van der Waals surface area contributed by atoms with Crippen molar-refractivity contribution in [2.24, 2.45) is 0 Å². The molecule has 0 saturated heterocycles. The van der Waals surface area contributed by atoms with Gasteiger partial charge in [0.2, 0.25) is 11.8 Å². The van der Waals surface area contributed by atoms with Crippen LogP contribution in [0.3, 0.4) is 0 Å². The molecule has 8 nitrogen and oxygen atoms in total. The van der Waals surface area contributed by atoms with Crippen LogP contribution < -0.4 is 19.1 Å². The lowest BCUT2D eigenvalue weighted by molar-refractivity contribution is -0.134. The first-order chi connectivity index (χ1) is 13.5. The number of hydrogen-bond acceptors (Lipinski definition) is 7. The van der Waals surface area contributed by atoms with E-state index < -0.39 is 23.8 Å². The molecule has 0 aliphatic heterocycles. The van der Waals surface area contributed by atoms with Gasteiger partial charge in [-0.3, -0.25) is 24.1 Å². The molecular weight excluding hydrogens is 378 g/mol. The smallest absolute Gasteiger partial charge is 0.308 e. The van der Waals surface area contributed by atoms with Crippen molar-refractivity contribution in [1.29, 1.82) is 0 Å². The molecule has 0 saturated carbocycles. The normalized spacial score (nSPS) is 10.6.